The fraction of sp³-hybridized carbons (Fsp3) is 0.211. The molecule has 0 bridgehead atoms. The average Bonchev–Trinajstić information content (AvgIpc) is 3.06. The third-order valence-electron chi connectivity index (χ3n) is 4.00. The number of ether oxygens (including phenoxy) is 1. The minimum absolute atomic E-state index is 0.0495. The lowest BCUT2D eigenvalue weighted by molar-refractivity contribution is -0.118. The standard InChI is InChI=1S/C19H17BrN2O4/c20-14-7-8-17(13(10-14)11-23)26-12-18(24)21-15-4-1-2-5-16(15)22-9-3-6-19(22)25/h1-2,4-5,7-8,10-11H,3,6,9,12H2,(H,21,24). The molecule has 2 aromatic carbocycles. The number of anilines is 2. The van der Waals surface area contributed by atoms with Gasteiger partial charge in [-0.2, -0.15) is 0 Å². The summed E-state index contributed by atoms with van der Waals surface area (Å²) in [6.45, 7) is 0.397. The zero-order valence-electron chi connectivity index (χ0n) is 13.9. The van der Waals surface area contributed by atoms with Crippen LogP contribution in [0.15, 0.2) is 46.9 Å². The summed E-state index contributed by atoms with van der Waals surface area (Å²) in [4.78, 5) is 37.0. The van der Waals surface area contributed by atoms with E-state index < -0.39 is 0 Å². The smallest absolute Gasteiger partial charge is 0.262 e. The topological polar surface area (TPSA) is 75.7 Å². The lowest BCUT2D eigenvalue weighted by Crippen LogP contribution is -2.27. The number of carbonyl (C=O) groups excluding carboxylic acids is 3. The van der Waals surface area contributed by atoms with Crippen molar-refractivity contribution in [2.75, 3.05) is 23.4 Å². The third-order valence-corrected chi connectivity index (χ3v) is 4.49. The van der Waals surface area contributed by atoms with Crippen LogP contribution in [0.5, 0.6) is 5.75 Å². The molecule has 0 spiro atoms. The molecule has 7 heteroatoms. The van der Waals surface area contributed by atoms with Crippen molar-refractivity contribution in [1.82, 2.24) is 0 Å². The maximum absolute atomic E-state index is 12.3. The number of nitrogens with one attached hydrogen (secondary N) is 1. The molecule has 134 valence electrons. The molecule has 0 saturated carbocycles. The lowest BCUT2D eigenvalue weighted by Gasteiger charge is -2.20. The van der Waals surface area contributed by atoms with Gasteiger partial charge in [0.15, 0.2) is 12.9 Å². The molecule has 1 fully saturated rings. The van der Waals surface area contributed by atoms with E-state index in [1.165, 1.54) is 0 Å². The first kappa shape index (κ1) is 18.1. The van der Waals surface area contributed by atoms with E-state index in [2.05, 4.69) is 21.2 Å². The summed E-state index contributed by atoms with van der Waals surface area (Å²) >= 11 is 3.28. The summed E-state index contributed by atoms with van der Waals surface area (Å²) in [6.07, 6.45) is 2.00. The molecule has 0 unspecified atom stereocenters. The lowest BCUT2D eigenvalue weighted by atomic mass is 10.2. The van der Waals surface area contributed by atoms with Crippen LogP contribution in [0.2, 0.25) is 0 Å². The zero-order valence-corrected chi connectivity index (χ0v) is 15.5. The van der Waals surface area contributed by atoms with Gasteiger partial charge in [-0.25, -0.2) is 0 Å². The Morgan fingerprint density at radius 3 is 2.81 bits per heavy atom. The van der Waals surface area contributed by atoms with Crippen LogP contribution < -0.4 is 15.0 Å². The highest BCUT2D eigenvalue weighted by Gasteiger charge is 2.24. The maximum atomic E-state index is 12.3. The van der Waals surface area contributed by atoms with E-state index in [4.69, 9.17) is 4.74 Å². The van der Waals surface area contributed by atoms with Crippen molar-refractivity contribution in [3.63, 3.8) is 0 Å². The van der Waals surface area contributed by atoms with Crippen LogP contribution in [0, 0.1) is 0 Å². The molecule has 1 aliphatic heterocycles. The summed E-state index contributed by atoms with van der Waals surface area (Å²) in [6, 6.07) is 12.1. The number of hydrogen-bond acceptors (Lipinski definition) is 4. The fourth-order valence-corrected chi connectivity index (χ4v) is 3.17. The van der Waals surface area contributed by atoms with E-state index in [0.717, 1.165) is 10.9 Å². The Labute approximate surface area is 159 Å². The van der Waals surface area contributed by atoms with Crippen LogP contribution in [0.4, 0.5) is 11.4 Å². The second-order valence-electron chi connectivity index (χ2n) is 5.80. The third kappa shape index (κ3) is 4.11. The molecule has 0 atom stereocenters. The Hall–Kier alpha value is -2.67. The van der Waals surface area contributed by atoms with Crippen LogP contribution in [-0.4, -0.2) is 31.3 Å². The summed E-state index contributed by atoms with van der Waals surface area (Å²) < 4.78 is 6.21. The molecule has 1 heterocycles. The van der Waals surface area contributed by atoms with E-state index >= 15 is 0 Å². The molecule has 6 nitrogen and oxygen atoms in total. The van der Waals surface area contributed by atoms with Crippen molar-refractivity contribution >= 4 is 45.4 Å². The second kappa shape index (κ2) is 8.14. The highest BCUT2D eigenvalue weighted by Crippen LogP contribution is 2.29. The van der Waals surface area contributed by atoms with Crippen LogP contribution >= 0.6 is 15.9 Å². The quantitative estimate of drug-likeness (QED) is 0.732. The Balaban J connectivity index is 1.68. The van der Waals surface area contributed by atoms with Gasteiger partial charge in [-0.05, 0) is 36.8 Å². The van der Waals surface area contributed by atoms with Gasteiger partial charge in [0, 0.05) is 17.4 Å². The first-order valence-electron chi connectivity index (χ1n) is 8.15. The van der Waals surface area contributed by atoms with Gasteiger partial charge in [0.25, 0.3) is 5.91 Å². The number of halogens is 1. The highest BCUT2D eigenvalue weighted by molar-refractivity contribution is 9.10. The van der Waals surface area contributed by atoms with Gasteiger partial charge >= 0.3 is 0 Å². The number of nitrogens with zero attached hydrogens (tertiary/aromatic N) is 1. The molecular formula is C19H17BrN2O4. The van der Waals surface area contributed by atoms with Crippen molar-refractivity contribution in [1.29, 1.82) is 0 Å². The monoisotopic (exact) mass is 416 g/mol. The highest BCUT2D eigenvalue weighted by atomic mass is 79.9. The number of amides is 2. The van der Waals surface area contributed by atoms with Crippen molar-refractivity contribution in [3.05, 3.63) is 52.5 Å². The molecule has 2 aromatic rings. The van der Waals surface area contributed by atoms with E-state index in [1.54, 1.807) is 41.3 Å². The average molecular weight is 417 g/mol. The van der Waals surface area contributed by atoms with Gasteiger partial charge in [0.1, 0.15) is 5.75 Å². The molecule has 0 aromatic heterocycles. The Morgan fingerprint density at radius 1 is 1.27 bits per heavy atom. The minimum atomic E-state index is -0.371. The SMILES string of the molecule is O=Cc1cc(Br)ccc1OCC(=O)Nc1ccccc1N1CCCC1=O. The van der Waals surface area contributed by atoms with Crippen LogP contribution in [0.3, 0.4) is 0 Å². The first-order valence-corrected chi connectivity index (χ1v) is 8.94. The van der Waals surface area contributed by atoms with E-state index in [1.807, 2.05) is 6.07 Å². The molecule has 1 N–H and O–H groups in total. The Bertz CT molecular complexity index is 853. The van der Waals surface area contributed by atoms with E-state index in [-0.39, 0.29) is 18.4 Å². The van der Waals surface area contributed by atoms with Crippen LogP contribution in [0.25, 0.3) is 0 Å². The van der Waals surface area contributed by atoms with Crippen molar-refractivity contribution < 1.29 is 19.1 Å². The van der Waals surface area contributed by atoms with E-state index in [0.29, 0.717) is 41.9 Å². The van der Waals surface area contributed by atoms with Crippen LogP contribution in [0.1, 0.15) is 23.2 Å². The Morgan fingerprint density at radius 2 is 2.08 bits per heavy atom. The van der Waals surface area contributed by atoms with Gasteiger partial charge in [-0.15, -0.1) is 0 Å². The number of rotatable bonds is 6. The summed E-state index contributed by atoms with van der Waals surface area (Å²) in [5.74, 6) is 0.0126. The van der Waals surface area contributed by atoms with Crippen molar-refractivity contribution in [3.8, 4) is 5.75 Å². The van der Waals surface area contributed by atoms with Gasteiger partial charge in [-0.3, -0.25) is 14.4 Å². The van der Waals surface area contributed by atoms with E-state index in [9.17, 15) is 14.4 Å². The molecule has 0 aliphatic carbocycles. The largest absolute Gasteiger partial charge is 0.483 e. The molecule has 1 aliphatic rings. The van der Waals surface area contributed by atoms with Crippen molar-refractivity contribution in [2.24, 2.45) is 0 Å². The van der Waals surface area contributed by atoms with Gasteiger partial charge in [0.2, 0.25) is 5.91 Å². The summed E-state index contributed by atoms with van der Waals surface area (Å²) in [5, 5.41) is 2.77. The zero-order chi connectivity index (χ0) is 18.5. The minimum Gasteiger partial charge on any atom is -0.483 e. The normalized spacial score (nSPS) is 13.6. The summed E-state index contributed by atoms with van der Waals surface area (Å²) in [7, 11) is 0. The van der Waals surface area contributed by atoms with Gasteiger partial charge in [-0.1, -0.05) is 28.1 Å². The molecular weight excluding hydrogens is 400 g/mol. The predicted octanol–water partition coefficient (Wildman–Crippen LogP) is 3.41. The fourth-order valence-electron chi connectivity index (χ4n) is 2.79. The van der Waals surface area contributed by atoms with Crippen molar-refractivity contribution in [2.45, 2.75) is 12.8 Å². The maximum Gasteiger partial charge on any atom is 0.262 e. The number of para-hydroxylation sites is 2. The van der Waals surface area contributed by atoms with Gasteiger partial charge in [0.05, 0.1) is 16.9 Å². The van der Waals surface area contributed by atoms with Gasteiger partial charge < -0.3 is 15.0 Å². The number of benzene rings is 2. The molecule has 1 saturated heterocycles. The molecule has 26 heavy (non-hydrogen) atoms. The second-order valence-corrected chi connectivity index (χ2v) is 6.72. The Kier molecular flexibility index (Phi) is 5.68. The number of hydrogen-bond donors (Lipinski definition) is 1. The predicted molar refractivity (Wildman–Crippen MR) is 102 cm³/mol. The molecule has 3 rings (SSSR count). The number of aldehydes is 1. The van der Waals surface area contributed by atoms with Crippen LogP contribution in [-0.2, 0) is 9.59 Å². The summed E-state index contributed by atoms with van der Waals surface area (Å²) in [5.41, 5.74) is 1.60. The first-order chi connectivity index (χ1) is 12.6. The number of carbonyl (C=O) groups is 3. The molecule has 2 amide bonds. The molecule has 0 radical (unpaired) electrons.